The Bertz CT molecular complexity index is 594. The maximum absolute atomic E-state index is 11.9. The maximum atomic E-state index is 11.9. The van der Waals surface area contributed by atoms with Crippen molar-refractivity contribution >= 4 is 45.5 Å². The van der Waals surface area contributed by atoms with E-state index < -0.39 is 0 Å². The van der Waals surface area contributed by atoms with Crippen LogP contribution >= 0.6 is 34.4 Å². The Labute approximate surface area is 141 Å². The van der Waals surface area contributed by atoms with Gasteiger partial charge in [0.2, 0.25) is 11.0 Å². The monoisotopic (exact) mass is 355 g/mol. The zero-order valence-electron chi connectivity index (χ0n) is 12.0. The molecule has 1 fully saturated rings. The third-order valence-corrected chi connectivity index (χ3v) is 6.37. The fraction of sp³-hybridized carbons (Fsp3) is 0.500. The fourth-order valence-electron chi connectivity index (χ4n) is 2.19. The molecule has 1 atom stereocenters. The zero-order chi connectivity index (χ0) is 15.2. The minimum atomic E-state index is -0.0125. The normalized spacial score (nSPS) is 17.7. The summed E-state index contributed by atoms with van der Waals surface area (Å²) < 4.78 is 6.39. The highest BCUT2D eigenvalue weighted by Gasteiger charge is 2.17. The Morgan fingerprint density at radius 3 is 3.23 bits per heavy atom. The molecule has 1 amide bonds. The number of anilines is 1. The summed E-state index contributed by atoms with van der Waals surface area (Å²) in [4.78, 5) is 13.2. The van der Waals surface area contributed by atoms with Crippen molar-refractivity contribution in [2.24, 2.45) is 0 Å². The summed E-state index contributed by atoms with van der Waals surface area (Å²) in [5.41, 5.74) is 0. The van der Waals surface area contributed by atoms with E-state index in [4.69, 9.17) is 4.74 Å². The second-order valence-electron chi connectivity index (χ2n) is 4.96. The molecule has 2 aromatic heterocycles. The summed E-state index contributed by atoms with van der Waals surface area (Å²) in [6, 6.07) is 4.15. The lowest BCUT2D eigenvalue weighted by Crippen LogP contribution is -2.15. The predicted octanol–water partition coefficient (Wildman–Crippen LogP) is 3.79. The molecule has 0 unspecified atom stereocenters. The van der Waals surface area contributed by atoms with Crippen LogP contribution in [0.1, 0.15) is 30.6 Å². The molecular weight excluding hydrogens is 338 g/mol. The number of thiophene rings is 1. The van der Waals surface area contributed by atoms with Crippen LogP contribution in [0, 0.1) is 0 Å². The lowest BCUT2D eigenvalue weighted by atomic mass is 10.1. The SMILES string of the molecule is O=C(CC[C@H]1CCCO1)Nc1nnc(SCc2cccs2)s1. The summed E-state index contributed by atoms with van der Waals surface area (Å²) in [6.07, 6.45) is 3.67. The van der Waals surface area contributed by atoms with Gasteiger partial charge in [0.1, 0.15) is 0 Å². The number of aromatic nitrogens is 2. The Morgan fingerprint density at radius 1 is 1.50 bits per heavy atom. The predicted molar refractivity (Wildman–Crippen MR) is 90.6 cm³/mol. The Morgan fingerprint density at radius 2 is 2.45 bits per heavy atom. The molecule has 0 saturated carbocycles. The zero-order valence-corrected chi connectivity index (χ0v) is 14.4. The van der Waals surface area contributed by atoms with Crippen molar-refractivity contribution in [1.82, 2.24) is 10.2 Å². The van der Waals surface area contributed by atoms with Gasteiger partial charge < -0.3 is 10.1 Å². The second-order valence-corrected chi connectivity index (χ2v) is 8.20. The van der Waals surface area contributed by atoms with Gasteiger partial charge in [-0.15, -0.1) is 21.5 Å². The Hall–Kier alpha value is -0.960. The quantitative estimate of drug-likeness (QED) is 0.605. The van der Waals surface area contributed by atoms with Crippen LogP contribution in [0.5, 0.6) is 0 Å². The van der Waals surface area contributed by atoms with Gasteiger partial charge in [-0.1, -0.05) is 29.2 Å². The number of carbonyl (C=O) groups is 1. The average Bonchev–Trinajstić information content (AvgIpc) is 3.25. The van der Waals surface area contributed by atoms with Crippen LogP contribution in [-0.2, 0) is 15.3 Å². The molecular formula is C14H17N3O2S3. The molecule has 5 nitrogen and oxygen atoms in total. The molecule has 3 heterocycles. The largest absolute Gasteiger partial charge is 0.378 e. The molecule has 1 aliphatic heterocycles. The standard InChI is InChI=1S/C14H17N3O2S3/c18-12(6-5-10-3-1-7-19-10)15-13-16-17-14(22-13)21-9-11-4-2-8-20-11/h2,4,8,10H,1,3,5-7,9H2,(H,15,16,18)/t10-/m1/s1. The van der Waals surface area contributed by atoms with Gasteiger partial charge in [-0.3, -0.25) is 4.79 Å². The molecule has 0 aromatic carbocycles. The van der Waals surface area contributed by atoms with Crippen LogP contribution in [0.25, 0.3) is 0 Å². The minimum Gasteiger partial charge on any atom is -0.378 e. The van der Waals surface area contributed by atoms with Crippen molar-refractivity contribution in [3.8, 4) is 0 Å². The van der Waals surface area contributed by atoms with Gasteiger partial charge in [0.15, 0.2) is 4.34 Å². The number of nitrogens with zero attached hydrogens (tertiary/aromatic N) is 2. The number of ether oxygens (including phenoxy) is 1. The molecule has 22 heavy (non-hydrogen) atoms. The lowest BCUT2D eigenvalue weighted by molar-refractivity contribution is -0.116. The highest BCUT2D eigenvalue weighted by molar-refractivity contribution is 8.00. The first-order chi connectivity index (χ1) is 10.8. The third-order valence-electron chi connectivity index (χ3n) is 3.29. The van der Waals surface area contributed by atoms with E-state index in [1.807, 2.05) is 6.07 Å². The summed E-state index contributed by atoms with van der Waals surface area (Å²) in [5, 5.41) is 13.6. The van der Waals surface area contributed by atoms with Gasteiger partial charge in [-0.05, 0) is 30.7 Å². The van der Waals surface area contributed by atoms with Crippen LogP contribution in [0.15, 0.2) is 21.9 Å². The van der Waals surface area contributed by atoms with Gasteiger partial charge in [0.25, 0.3) is 0 Å². The van der Waals surface area contributed by atoms with Crippen LogP contribution < -0.4 is 5.32 Å². The molecule has 3 rings (SSSR count). The Kier molecular flexibility index (Phi) is 5.82. The highest BCUT2D eigenvalue weighted by atomic mass is 32.2. The summed E-state index contributed by atoms with van der Waals surface area (Å²) >= 11 is 4.80. The highest BCUT2D eigenvalue weighted by Crippen LogP contribution is 2.29. The van der Waals surface area contributed by atoms with E-state index in [0.29, 0.717) is 11.6 Å². The molecule has 0 bridgehead atoms. The van der Waals surface area contributed by atoms with Crippen molar-refractivity contribution in [2.45, 2.75) is 41.9 Å². The molecule has 1 aliphatic rings. The summed E-state index contributed by atoms with van der Waals surface area (Å²) in [6.45, 7) is 0.827. The van der Waals surface area contributed by atoms with Gasteiger partial charge in [0.05, 0.1) is 6.10 Å². The van der Waals surface area contributed by atoms with Crippen molar-refractivity contribution < 1.29 is 9.53 Å². The molecule has 1 N–H and O–H groups in total. The van der Waals surface area contributed by atoms with Crippen molar-refractivity contribution in [3.05, 3.63) is 22.4 Å². The second kappa shape index (κ2) is 8.05. The summed E-state index contributed by atoms with van der Waals surface area (Å²) in [5.74, 6) is 0.876. The van der Waals surface area contributed by atoms with Gasteiger partial charge in [0, 0.05) is 23.7 Å². The van der Waals surface area contributed by atoms with Crippen LogP contribution in [0.2, 0.25) is 0 Å². The first-order valence-electron chi connectivity index (χ1n) is 7.20. The van der Waals surface area contributed by atoms with Gasteiger partial charge in [-0.2, -0.15) is 0 Å². The number of hydrogen-bond acceptors (Lipinski definition) is 7. The van der Waals surface area contributed by atoms with Crippen LogP contribution in [0.3, 0.4) is 0 Å². The molecule has 118 valence electrons. The summed E-state index contributed by atoms with van der Waals surface area (Å²) in [7, 11) is 0. The maximum Gasteiger partial charge on any atom is 0.226 e. The molecule has 0 radical (unpaired) electrons. The first kappa shape index (κ1) is 15.9. The molecule has 8 heteroatoms. The minimum absolute atomic E-state index is 0.0125. The van der Waals surface area contributed by atoms with Gasteiger partial charge in [-0.25, -0.2) is 0 Å². The topological polar surface area (TPSA) is 64.1 Å². The van der Waals surface area contributed by atoms with Crippen molar-refractivity contribution in [2.75, 3.05) is 11.9 Å². The van der Waals surface area contributed by atoms with Gasteiger partial charge >= 0.3 is 0 Å². The average molecular weight is 356 g/mol. The first-order valence-corrected chi connectivity index (χ1v) is 9.88. The number of nitrogens with one attached hydrogen (secondary N) is 1. The molecule has 0 aliphatic carbocycles. The van der Waals surface area contributed by atoms with E-state index in [-0.39, 0.29) is 12.0 Å². The van der Waals surface area contributed by atoms with E-state index in [9.17, 15) is 4.79 Å². The van der Waals surface area contributed by atoms with Crippen LogP contribution in [-0.4, -0.2) is 28.8 Å². The van der Waals surface area contributed by atoms with Crippen LogP contribution in [0.4, 0.5) is 5.13 Å². The Balaban J connectivity index is 1.41. The smallest absolute Gasteiger partial charge is 0.226 e. The number of carbonyl (C=O) groups excluding carboxylic acids is 1. The van der Waals surface area contributed by atoms with Crippen molar-refractivity contribution in [1.29, 1.82) is 0 Å². The fourth-order valence-corrected chi connectivity index (χ4v) is 4.73. The van der Waals surface area contributed by atoms with E-state index in [0.717, 1.165) is 36.0 Å². The number of thioether (sulfide) groups is 1. The molecule has 2 aromatic rings. The van der Waals surface area contributed by atoms with E-state index in [1.54, 1.807) is 23.1 Å². The molecule has 0 spiro atoms. The number of amides is 1. The molecule has 1 saturated heterocycles. The van der Waals surface area contributed by atoms with E-state index in [2.05, 4.69) is 27.0 Å². The van der Waals surface area contributed by atoms with E-state index >= 15 is 0 Å². The number of rotatable bonds is 7. The lowest BCUT2D eigenvalue weighted by Gasteiger charge is -2.07. The van der Waals surface area contributed by atoms with E-state index in [1.165, 1.54) is 16.2 Å². The van der Waals surface area contributed by atoms with Crippen molar-refractivity contribution in [3.63, 3.8) is 0 Å². The third kappa shape index (κ3) is 4.77. The number of hydrogen-bond donors (Lipinski definition) is 1.